The second-order valence-electron chi connectivity index (χ2n) is 4.03. The Bertz CT molecular complexity index is 236. The van der Waals surface area contributed by atoms with E-state index in [4.69, 9.17) is 10.5 Å². The monoisotopic (exact) mass is 272 g/mol. The Labute approximate surface area is 106 Å². The van der Waals surface area contributed by atoms with Gasteiger partial charge in [0.25, 0.3) is 5.92 Å². The fourth-order valence-electron chi connectivity index (χ4n) is 1.55. The summed E-state index contributed by atoms with van der Waals surface area (Å²) >= 11 is 0. The van der Waals surface area contributed by atoms with Crippen molar-refractivity contribution in [3.05, 3.63) is 0 Å². The molecule has 1 aliphatic heterocycles. The van der Waals surface area contributed by atoms with Crippen LogP contribution in [0.15, 0.2) is 0 Å². The number of nitrogens with one attached hydrogen (secondary N) is 1. The quantitative estimate of drug-likeness (QED) is 0.787. The molecular weight excluding hydrogens is 254 g/mol. The Morgan fingerprint density at radius 3 is 2.71 bits per heavy atom. The van der Waals surface area contributed by atoms with Crippen LogP contribution in [0.2, 0.25) is 0 Å². The van der Waals surface area contributed by atoms with Gasteiger partial charge in [0.1, 0.15) is 0 Å². The maximum atomic E-state index is 12.7. The molecule has 0 aromatic rings. The van der Waals surface area contributed by atoms with Gasteiger partial charge in [0.2, 0.25) is 5.91 Å². The van der Waals surface area contributed by atoms with Crippen LogP contribution in [0.5, 0.6) is 0 Å². The van der Waals surface area contributed by atoms with Gasteiger partial charge in [-0.1, -0.05) is 0 Å². The Morgan fingerprint density at radius 2 is 2.18 bits per heavy atom. The van der Waals surface area contributed by atoms with Gasteiger partial charge >= 0.3 is 0 Å². The molecule has 1 saturated heterocycles. The van der Waals surface area contributed by atoms with Gasteiger partial charge in [-0.05, 0) is 19.3 Å². The largest absolute Gasteiger partial charge is 0.378 e. The van der Waals surface area contributed by atoms with Crippen molar-refractivity contribution in [1.82, 2.24) is 5.32 Å². The molecule has 0 aliphatic carbocycles. The third kappa shape index (κ3) is 6.75. The van der Waals surface area contributed by atoms with Gasteiger partial charge in [0, 0.05) is 6.61 Å². The highest BCUT2D eigenvalue weighted by atomic mass is 35.5. The van der Waals surface area contributed by atoms with Crippen LogP contribution in [0.4, 0.5) is 8.78 Å². The minimum Gasteiger partial charge on any atom is -0.378 e. The van der Waals surface area contributed by atoms with Gasteiger partial charge in [-0.15, -0.1) is 12.4 Å². The summed E-state index contributed by atoms with van der Waals surface area (Å²) in [6, 6.07) is 0. The fraction of sp³-hybridized carbons (Fsp3) is 0.900. The number of hydrogen-bond acceptors (Lipinski definition) is 3. The summed E-state index contributed by atoms with van der Waals surface area (Å²) in [5, 5.41) is 2.17. The first-order chi connectivity index (χ1) is 7.53. The molecule has 0 saturated carbocycles. The van der Waals surface area contributed by atoms with Crippen LogP contribution < -0.4 is 11.1 Å². The Morgan fingerprint density at radius 1 is 1.47 bits per heavy atom. The topological polar surface area (TPSA) is 64.3 Å². The number of hydrogen-bond donors (Lipinski definition) is 2. The molecule has 7 heteroatoms. The maximum absolute atomic E-state index is 12.7. The van der Waals surface area contributed by atoms with Crippen molar-refractivity contribution in [2.45, 2.75) is 37.7 Å². The summed E-state index contributed by atoms with van der Waals surface area (Å²) in [4.78, 5) is 11.3. The molecular formula is C10H19ClF2N2O2. The molecule has 4 nitrogen and oxygen atoms in total. The third-order valence-corrected chi connectivity index (χ3v) is 2.53. The average molecular weight is 273 g/mol. The van der Waals surface area contributed by atoms with Gasteiger partial charge in [-0.2, -0.15) is 0 Å². The van der Waals surface area contributed by atoms with Gasteiger partial charge in [-0.25, -0.2) is 8.78 Å². The van der Waals surface area contributed by atoms with E-state index in [0.29, 0.717) is 6.61 Å². The van der Waals surface area contributed by atoms with Gasteiger partial charge < -0.3 is 15.8 Å². The lowest BCUT2D eigenvalue weighted by atomic mass is 10.1. The van der Waals surface area contributed by atoms with Crippen molar-refractivity contribution in [2.75, 3.05) is 19.7 Å². The van der Waals surface area contributed by atoms with E-state index in [0.717, 1.165) is 19.3 Å². The number of nitrogens with two attached hydrogens (primary N) is 1. The van der Waals surface area contributed by atoms with Crippen molar-refractivity contribution in [1.29, 1.82) is 0 Å². The van der Waals surface area contributed by atoms with E-state index in [1.54, 1.807) is 0 Å². The number of amides is 1. The fourth-order valence-corrected chi connectivity index (χ4v) is 1.55. The van der Waals surface area contributed by atoms with Gasteiger partial charge in [0.15, 0.2) is 0 Å². The van der Waals surface area contributed by atoms with Crippen molar-refractivity contribution >= 4 is 18.3 Å². The zero-order valence-electron chi connectivity index (χ0n) is 9.59. The Balaban J connectivity index is 0.00000256. The number of alkyl halides is 2. The maximum Gasteiger partial charge on any atom is 0.277 e. The van der Waals surface area contributed by atoms with Crippen molar-refractivity contribution in [3.63, 3.8) is 0 Å². The van der Waals surface area contributed by atoms with E-state index < -0.39 is 24.9 Å². The zero-order chi connectivity index (χ0) is 12.0. The highest BCUT2D eigenvalue weighted by molar-refractivity contribution is 5.85. The summed E-state index contributed by atoms with van der Waals surface area (Å²) in [5.41, 5.74) is 4.85. The minimum atomic E-state index is -3.02. The van der Waals surface area contributed by atoms with E-state index in [2.05, 4.69) is 5.32 Å². The molecule has 0 spiro atoms. The molecule has 1 atom stereocenters. The number of ether oxygens (including phenoxy) is 1. The molecule has 1 fully saturated rings. The van der Waals surface area contributed by atoms with E-state index in [1.807, 2.05) is 0 Å². The number of carbonyl (C=O) groups excluding carboxylic acids is 1. The smallest absolute Gasteiger partial charge is 0.277 e. The zero-order valence-corrected chi connectivity index (χ0v) is 10.4. The van der Waals surface area contributed by atoms with E-state index in [-0.39, 0.29) is 24.9 Å². The Kier molecular flexibility index (Phi) is 7.58. The van der Waals surface area contributed by atoms with Crippen LogP contribution in [0, 0.1) is 0 Å². The van der Waals surface area contributed by atoms with Crippen LogP contribution in [-0.4, -0.2) is 37.6 Å². The summed E-state index contributed by atoms with van der Waals surface area (Å²) in [5.74, 6) is -3.43. The Hall–Kier alpha value is -0.460. The molecule has 0 radical (unpaired) electrons. The lowest BCUT2D eigenvalue weighted by Gasteiger charge is -2.22. The number of halogens is 3. The van der Waals surface area contributed by atoms with E-state index >= 15 is 0 Å². The summed E-state index contributed by atoms with van der Waals surface area (Å²) in [7, 11) is 0. The molecule has 1 rings (SSSR count). The van der Waals surface area contributed by atoms with Crippen LogP contribution >= 0.6 is 12.4 Å². The third-order valence-electron chi connectivity index (χ3n) is 2.53. The summed E-state index contributed by atoms with van der Waals surface area (Å²) in [6.45, 7) is -0.806. The molecule has 1 heterocycles. The van der Waals surface area contributed by atoms with E-state index in [1.165, 1.54) is 0 Å². The first kappa shape index (κ1) is 16.5. The highest BCUT2D eigenvalue weighted by Crippen LogP contribution is 2.15. The molecule has 1 aliphatic rings. The van der Waals surface area contributed by atoms with Crippen LogP contribution in [-0.2, 0) is 9.53 Å². The van der Waals surface area contributed by atoms with Crippen molar-refractivity contribution in [3.8, 4) is 0 Å². The SMILES string of the molecule is Cl.NCC(F)(F)CNC(=O)CC1CCCCO1. The first-order valence-corrected chi connectivity index (χ1v) is 5.50. The molecule has 17 heavy (non-hydrogen) atoms. The van der Waals surface area contributed by atoms with Gasteiger partial charge in [0.05, 0.1) is 25.6 Å². The molecule has 0 aromatic heterocycles. The summed E-state index contributed by atoms with van der Waals surface area (Å²) < 4.78 is 30.8. The lowest BCUT2D eigenvalue weighted by Crippen LogP contribution is -2.42. The standard InChI is InChI=1S/C10H18F2N2O2.ClH/c11-10(12,6-13)7-14-9(15)5-8-3-1-2-4-16-8;/h8H,1-7,13H2,(H,14,15);1H. The van der Waals surface area contributed by atoms with Crippen LogP contribution in [0.1, 0.15) is 25.7 Å². The second kappa shape index (κ2) is 7.79. The summed E-state index contributed by atoms with van der Waals surface area (Å²) in [6.07, 6.45) is 2.88. The highest BCUT2D eigenvalue weighted by Gasteiger charge is 2.27. The van der Waals surface area contributed by atoms with Gasteiger partial charge in [-0.3, -0.25) is 4.79 Å². The minimum absolute atomic E-state index is 0. The van der Waals surface area contributed by atoms with Crippen LogP contribution in [0.3, 0.4) is 0 Å². The molecule has 0 bridgehead atoms. The average Bonchev–Trinajstić information content (AvgIpc) is 2.28. The second-order valence-corrected chi connectivity index (χ2v) is 4.03. The first-order valence-electron chi connectivity index (χ1n) is 5.50. The van der Waals surface area contributed by atoms with E-state index in [9.17, 15) is 13.6 Å². The lowest BCUT2D eigenvalue weighted by molar-refractivity contribution is -0.126. The molecule has 102 valence electrons. The molecule has 0 aromatic carbocycles. The van der Waals surface area contributed by atoms with Crippen LogP contribution in [0.25, 0.3) is 0 Å². The number of carbonyl (C=O) groups is 1. The molecule has 1 amide bonds. The molecule has 3 N–H and O–H groups in total. The predicted octanol–water partition coefficient (Wildman–Crippen LogP) is 1.08. The van der Waals surface area contributed by atoms with Crippen molar-refractivity contribution < 1.29 is 18.3 Å². The normalized spacial score (nSPS) is 20.5. The molecule has 1 unspecified atom stereocenters. The van der Waals surface area contributed by atoms with Crippen molar-refractivity contribution in [2.24, 2.45) is 5.73 Å². The number of rotatable bonds is 5. The predicted molar refractivity (Wildman–Crippen MR) is 62.5 cm³/mol.